The summed E-state index contributed by atoms with van der Waals surface area (Å²) >= 11 is 9.04. The summed E-state index contributed by atoms with van der Waals surface area (Å²) in [5, 5.41) is 18.4. The van der Waals surface area contributed by atoms with Gasteiger partial charge >= 0.3 is 0 Å². The number of aliphatic hydroxyl groups is 2. The first-order valence-corrected chi connectivity index (χ1v) is 4.56. The van der Waals surface area contributed by atoms with Crippen molar-refractivity contribution in [1.29, 1.82) is 0 Å². The maximum atomic E-state index is 9.25. The van der Waals surface area contributed by atoms with Crippen molar-refractivity contribution in [2.75, 3.05) is 6.61 Å². The van der Waals surface area contributed by atoms with Gasteiger partial charge in [0.1, 0.15) is 6.10 Å². The van der Waals surface area contributed by atoms with Crippen LogP contribution in [0.2, 0.25) is 5.02 Å². The van der Waals surface area contributed by atoms with Crippen molar-refractivity contribution in [3.63, 3.8) is 0 Å². The number of halogens is 2. The number of hydrogen-bond acceptors (Lipinski definition) is 2. The van der Waals surface area contributed by atoms with E-state index in [4.69, 9.17) is 16.7 Å². The van der Waals surface area contributed by atoms with Gasteiger partial charge in [-0.1, -0.05) is 33.6 Å². The topological polar surface area (TPSA) is 40.5 Å². The van der Waals surface area contributed by atoms with Crippen molar-refractivity contribution in [2.24, 2.45) is 0 Å². The van der Waals surface area contributed by atoms with Crippen LogP contribution >= 0.6 is 27.5 Å². The molecule has 0 fully saturated rings. The molecule has 12 heavy (non-hydrogen) atoms. The van der Waals surface area contributed by atoms with E-state index in [0.29, 0.717) is 10.6 Å². The molecule has 66 valence electrons. The van der Waals surface area contributed by atoms with Crippen LogP contribution in [0.25, 0.3) is 0 Å². The summed E-state index contributed by atoms with van der Waals surface area (Å²) in [6.45, 7) is -0.318. The highest BCUT2D eigenvalue weighted by Crippen LogP contribution is 2.25. The minimum atomic E-state index is -0.898. The van der Waals surface area contributed by atoms with E-state index in [1.807, 2.05) is 0 Å². The van der Waals surface area contributed by atoms with Crippen molar-refractivity contribution in [2.45, 2.75) is 6.10 Å². The van der Waals surface area contributed by atoms with E-state index in [-0.39, 0.29) is 6.61 Å². The first-order chi connectivity index (χ1) is 5.65. The van der Waals surface area contributed by atoms with Gasteiger partial charge in [0.05, 0.1) is 6.61 Å². The molecule has 0 heterocycles. The van der Waals surface area contributed by atoms with Gasteiger partial charge < -0.3 is 10.2 Å². The molecule has 0 bridgehead atoms. The molecule has 0 spiro atoms. The van der Waals surface area contributed by atoms with Crippen molar-refractivity contribution in [3.05, 3.63) is 33.3 Å². The van der Waals surface area contributed by atoms with Crippen LogP contribution in [0.1, 0.15) is 11.7 Å². The molecule has 0 aromatic heterocycles. The van der Waals surface area contributed by atoms with E-state index >= 15 is 0 Å². The van der Waals surface area contributed by atoms with Crippen molar-refractivity contribution < 1.29 is 10.2 Å². The summed E-state index contributed by atoms with van der Waals surface area (Å²) in [4.78, 5) is 0. The van der Waals surface area contributed by atoms with Gasteiger partial charge in [-0.2, -0.15) is 0 Å². The second-order valence-electron chi connectivity index (χ2n) is 2.36. The van der Waals surface area contributed by atoms with E-state index in [0.717, 1.165) is 4.47 Å². The third kappa shape index (κ3) is 2.20. The minimum Gasteiger partial charge on any atom is -0.393 e. The average Bonchev–Trinajstić information content (AvgIpc) is 2.03. The molecule has 0 aliphatic rings. The Morgan fingerprint density at radius 3 is 2.67 bits per heavy atom. The van der Waals surface area contributed by atoms with E-state index < -0.39 is 6.10 Å². The van der Waals surface area contributed by atoms with Gasteiger partial charge in [-0.05, 0) is 12.1 Å². The molecule has 2 nitrogen and oxygen atoms in total. The van der Waals surface area contributed by atoms with Gasteiger partial charge in [0, 0.05) is 15.1 Å². The first kappa shape index (κ1) is 9.99. The van der Waals surface area contributed by atoms with Crippen molar-refractivity contribution in [1.82, 2.24) is 0 Å². The van der Waals surface area contributed by atoms with Crippen LogP contribution in [0.15, 0.2) is 22.7 Å². The molecular formula is C8H8BrClO2. The summed E-state index contributed by atoms with van der Waals surface area (Å²) in [5.41, 5.74) is 0.544. The van der Waals surface area contributed by atoms with Crippen LogP contribution in [0, 0.1) is 0 Å². The molecule has 0 saturated carbocycles. The molecule has 0 radical (unpaired) electrons. The molecule has 1 aromatic rings. The molecule has 0 saturated heterocycles. The van der Waals surface area contributed by atoms with Crippen LogP contribution in [0.4, 0.5) is 0 Å². The van der Waals surface area contributed by atoms with Gasteiger partial charge in [0.15, 0.2) is 0 Å². The summed E-state index contributed by atoms with van der Waals surface area (Å²) in [6.07, 6.45) is -0.898. The monoisotopic (exact) mass is 250 g/mol. The molecule has 0 amide bonds. The third-order valence-corrected chi connectivity index (χ3v) is 2.32. The maximum Gasteiger partial charge on any atom is 0.103 e. The van der Waals surface area contributed by atoms with E-state index in [1.165, 1.54) is 0 Å². The number of hydrogen-bond donors (Lipinski definition) is 2. The van der Waals surface area contributed by atoms with Crippen molar-refractivity contribution in [3.8, 4) is 0 Å². The molecule has 1 atom stereocenters. The molecular weight excluding hydrogens is 243 g/mol. The highest BCUT2D eigenvalue weighted by molar-refractivity contribution is 9.10. The Morgan fingerprint density at radius 2 is 2.17 bits per heavy atom. The summed E-state index contributed by atoms with van der Waals surface area (Å²) in [5.74, 6) is 0. The zero-order valence-electron chi connectivity index (χ0n) is 6.17. The lowest BCUT2D eigenvalue weighted by Crippen LogP contribution is -2.02. The molecule has 0 aliphatic carbocycles. The smallest absolute Gasteiger partial charge is 0.103 e. The fourth-order valence-corrected chi connectivity index (χ4v) is 1.67. The number of aliphatic hydroxyl groups excluding tert-OH is 2. The lowest BCUT2D eigenvalue weighted by molar-refractivity contribution is 0.0957. The van der Waals surface area contributed by atoms with Gasteiger partial charge in [0.25, 0.3) is 0 Å². The molecule has 1 rings (SSSR count). The molecule has 1 aromatic carbocycles. The predicted molar refractivity (Wildman–Crippen MR) is 51.2 cm³/mol. The quantitative estimate of drug-likeness (QED) is 0.845. The Hall–Kier alpha value is -0.0900. The Labute approximate surface area is 83.9 Å². The molecule has 2 N–H and O–H groups in total. The SMILES string of the molecule is OCC(O)c1ccc(Br)cc1Cl. The molecule has 1 unspecified atom stereocenters. The average molecular weight is 252 g/mol. The lowest BCUT2D eigenvalue weighted by atomic mass is 10.1. The van der Waals surface area contributed by atoms with Crippen LogP contribution in [-0.4, -0.2) is 16.8 Å². The fourth-order valence-electron chi connectivity index (χ4n) is 0.870. The first-order valence-electron chi connectivity index (χ1n) is 3.39. The van der Waals surface area contributed by atoms with Gasteiger partial charge in [-0.3, -0.25) is 0 Å². The fraction of sp³-hybridized carbons (Fsp3) is 0.250. The second kappa shape index (κ2) is 4.23. The normalized spacial score (nSPS) is 13.0. The highest BCUT2D eigenvalue weighted by atomic mass is 79.9. The highest BCUT2D eigenvalue weighted by Gasteiger charge is 2.09. The Bertz CT molecular complexity index is 278. The minimum absolute atomic E-state index is 0.318. The van der Waals surface area contributed by atoms with Crippen LogP contribution in [0.3, 0.4) is 0 Å². The van der Waals surface area contributed by atoms with Gasteiger partial charge in [-0.15, -0.1) is 0 Å². The summed E-state index contributed by atoms with van der Waals surface area (Å²) in [6, 6.07) is 5.11. The van der Waals surface area contributed by atoms with Crippen LogP contribution < -0.4 is 0 Å². The number of rotatable bonds is 2. The summed E-state index contributed by atoms with van der Waals surface area (Å²) in [7, 11) is 0. The van der Waals surface area contributed by atoms with E-state index in [9.17, 15) is 5.11 Å². The third-order valence-electron chi connectivity index (χ3n) is 1.49. The van der Waals surface area contributed by atoms with E-state index in [2.05, 4.69) is 15.9 Å². The van der Waals surface area contributed by atoms with Gasteiger partial charge in [-0.25, -0.2) is 0 Å². The molecule has 4 heteroatoms. The number of benzene rings is 1. The van der Waals surface area contributed by atoms with Gasteiger partial charge in [0.2, 0.25) is 0 Å². The van der Waals surface area contributed by atoms with Crippen molar-refractivity contribution >= 4 is 27.5 Å². The second-order valence-corrected chi connectivity index (χ2v) is 3.69. The van der Waals surface area contributed by atoms with E-state index in [1.54, 1.807) is 18.2 Å². The zero-order chi connectivity index (χ0) is 9.14. The predicted octanol–water partition coefficient (Wildman–Crippen LogP) is 2.13. The van der Waals surface area contributed by atoms with Crippen LogP contribution in [0.5, 0.6) is 0 Å². The van der Waals surface area contributed by atoms with Crippen LogP contribution in [-0.2, 0) is 0 Å². The molecule has 0 aliphatic heterocycles. The zero-order valence-corrected chi connectivity index (χ0v) is 8.51. The lowest BCUT2D eigenvalue weighted by Gasteiger charge is -2.09. The maximum absolute atomic E-state index is 9.25. The largest absolute Gasteiger partial charge is 0.393 e. The Kier molecular flexibility index (Phi) is 3.53. The summed E-state index contributed by atoms with van der Waals surface area (Å²) < 4.78 is 0.849. The Balaban J connectivity index is 3.01. The Morgan fingerprint density at radius 1 is 1.50 bits per heavy atom. The standard InChI is InChI=1S/C8H8BrClO2/c9-5-1-2-6(7(10)3-5)8(12)4-11/h1-3,8,11-12H,4H2.